The van der Waals surface area contributed by atoms with E-state index in [1.165, 1.54) is 32.3 Å². The van der Waals surface area contributed by atoms with Crippen LogP contribution in [0.25, 0.3) is 11.1 Å². The van der Waals surface area contributed by atoms with Crippen LogP contribution in [0.4, 0.5) is 5.69 Å². The number of carboxylic acids is 1. The molecule has 0 aliphatic carbocycles. The topological polar surface area (TPSA) is 75.6 Å². The van der Waals surface area contributed by atoms with Gasteiger partial charge >= 0.3 is 5.97 Å². The normalized spacial score (nSPS) is 10.4. The van der Waals surface area contributed by atoms with Crippen molar-refractivity contribution in [2.75, 3.05) is 11.9 Å². The number of carboxylic acid groups (broad SMARTS) is 1. The number of benzene rings is 2. The van der Waals surface area contributed by atoms with E-state index in [0.717, 1.165) is 12.8 Å². The molecule has 0 saturated heterocycles. The zero-order chi connectivity index (χ0) is 19.6. The minimum atomic E-state index is -1.05. The van der Waals surface area contributed by atoms with Crippen molar-refractivity contribution < 1.29 is 19.4 Å². The zero-order valence-electron chi connectivity index (χ0n) is 16.0. The number of hydrogen-bond acceptors (Lipinski definition) is 3. The molecule has 5 heteroatoms. The van der Waals surface area contributed by atoms with Crippen LogP contribution >= 0.6 is 0 Å². The van der Waals surface area contributed by atoms with Crippen LogP contribution in [0.2, 0.25) is 0 Å². The summed E-state index contributed by atoms with van der Waals surface area (Å²) < 4.78 is 5.91. The maximum absolute atomic E-state index is 11.8. The largest absolute Gasteiger partial charge is 0.491 e. The summed E-state index contributed by atoms with van der Waals surface area (Å²) in [4.78, 5) is 23.5. The Morgan fingerprint density at radius 1 is 1.00 bits per heavy atom. The van der Waals surface area contributed by atoms with E-state index in [2.05, 4.69) is 12.2 Å². The van der Waals surface area contributed by atoms with Gasteiger partial charge in [-0.3, -0.25) is 4.79 Å². The molecule has 2 N–H and O–H groups in total. The maximum Gasteiger partial charge on any atom is 0.336 e. The monoisotopic (exact) mass is 369 g/mol. The molecule has 0 heterocycles. The summed E-state index contributed by atoms with van der Waals surface area (Å²) in [5.74, 6) is -0.835. The van der Waals surface area contributed by atoms with Crippen molar-refractivity contribution in [1.82, 2.24) is 0 Å². The van der Waals surface area contributed by atoms with Crippen LogP contribution in [-0.4, -0.2) is 23.6 Å². The summed E-state index contributed by atoms with van der Waals surface area (Å²) in [5, 5.41) is 12.4. The maximum atomic E-state index is 11.8. The van der Waals surface area contributed by atoms with Gasteiger partial charge in [0.2, 0.25) is 5.91 Å². The van der Waals surface area contributed by atoms with E-state index >= 15 is 0 Å². The van der Waals surface area contributed by atoms with Crippen LogP contribution in [0.5, 0.6) is 5.75 Å². The first-order chi connectivity index (χ1) is 13.0. The molecule has 144 valence electrons. The number of aromatic carboxylic acids is 1. The third-order valence-corrected chi connectivity index (χ3v) is 4.27. The molecular weight excluding hydrogens is 342 g/mol. The molecule has 0 spiro atoms. The van der Waals surface area contributed by atoms with E-state index in [-0.39, 0.29) is 11.5 Å². The summed E-state index contributed by atoms with van der Waals surface area (Å²) in [6.07, 6.45) is 5.57. The number of hydrogen-bond donors (Lipinski definition) is 2. The standard InChI is InChI=1S/C22H27NO4/c1-3-4-5-6-10-15-27-19-14-13-18(22(25)26)20(21(19)23-16(2)24)17-11-8-7-9-12-17/h7-9,11-14H,3-6,10,15H2,1-2H3,(H,23,24)(H,25,26). The highest BCUT2D eigenvalue weighted by molar-refractivity contribution is 6.05. The fourth-order valence-corrected chi connectivity index (χ4v) is 2.97. The number of unbranched alkanes of at least 4 members (excludes halogenated alkanes) is 4. The number of carbonyl (C=O) groups excluding carboxylic acids is 1. The Bertz CT molecular complexity index is 771. The van der Waals surface area contributed by atoms with Gasteiger partial charge in [-0.05, 0) is 24.1 Å². The molecule has 0 radical (unpaired) electrons. The lowest BCUT2D eigenvalue weighted by molar-refractivity contribution is -0.114. The van der Waals surface area contributed by atoms with Crippen molar-refractivity contribution >= 4 is 17.6 Å². The van der Waals surface area contributed by atoms with E-state index in [0.29, 0.717) is 29.2 Å². The highest BCUT2D eigenvalue weighted by Gasteiger charge is 2.21. The van der Waals surface area contributed by atoms with Gasteiger partial charge in [0, 0.05) is 12.5 Å². The Kier molecular flexibility index (Phi) is 7.86. The first-order valence-electron chi connectivity index (χ1n) is 9.40. The molecule has 2 rings (SSSR count). The van der Waals surface area contributed by atoms with Gasteiger partial charge in [0.05, 0.1) is 17.9 Å². The predicted octanol–water partition coefficient (Wildman–Crippen LogP) is 5.36. The molecule has 27 heavy (non-hydrogen) atoms. The van der Waals surface area contributed by atoms with Gasteiger partial charge in [0.15, 0.2) is 0 Å². The van der Waals surface area contributed by atoms with E-state index < -0.39 is 5.97 Å². The molecule has 2 aromatic rings. The third-order valence-electron chi connectivity index (χ3n) is 4.27. The van der Waals surface area contributed by atoms with E-state index in [1.54, 1.807) is 6.07 Å². The number of amides is 1. The lowest BCUT2D eigenvalue weighted by atomic mass is 9.96. The van der Waals surface area contributed by atoms with Crippen LogP contribution in [-0.2, 0) is 4.79 Å². The molecule has 0 unspecified atom stereocenters. The predicted molar refractivity (Wildman–Crippen MR) is 107 cm³/mol. The van der Waals surface area contributed by atoms with E-state index in [9.17, 15) is 14.7 Å². The smallest absolute Gasteiger partial charge is 0.336 e. The van der Waals surface area contributed by atoms with Gasteiger partial charge < -0.3 is 15.2 Å². The van der Waals surface area contributed by atoms with Crippen LogP contribution < -0.4 is 10.1 Å². The molecule has 0 fully saturated rings. The van der Waals surface area contributed by atoms with Crippen molar-refractivity contribution in [2.45, 2.75) is 46.0 Å². The highest BCUT2D eigenvalue weighted by Crippen LogP contribution is 2.39. The summed E-state index contributed by atoms with van der Waals surface area (Å²) in [5.41, 5.74) is 1.70. The molecule has 0 aromatic heterocycles. The van der Waals surface area contributed by atoms with Gasteiger partial charge in [-0.2, -0.15) is 0 Å². The highest BCUT2D eigenvalue weighted by atomic mass is 16.5. The fourth-order valence-electron chi connectivity index (χ4n) is 2.97. The van der Waals surface area contributed by atoms with Crippen molar-refractivity contribution in [2.24, 2.45) is 0 Å². The second-order valence-electron chi connectivity index (χ2n) is 6.48. The minimum Gasteiger partial charge on any atom is -0.491 e. The van der Waals surface area contributed by atoms with Gasteiger partial charge in [-0.1, -0.05) is 62.9 Å². The molecule has 1 amide bonds. The molecule has 0 aliphatic rings. The minimum absolute atomic E-state index is 0.125. The Hall–Kier alpha value is -2.82. The Morgan fingerprint density at radius 3 is 2.33 bits per heavy atom. The molecule has 0 atom stereocenters. The summed E-state index contributed by atoms with van der Waals surface area (Å²) in [6.45, 7) is 4.10. The molecule has 0 saturated carbocycles. The third kappa shape index (κ3) is 5.84. The second kappa shape index (κ2) is 10.4. The number of carbonyl (C=O) groups is 2. The van der Waals surface area contributed by atoms with E-state index in [1.807, 2.05) is 30.3 Å². The first-order valence-corrected chi connectivity index (χ1v) is 9.40. The molecule has 0 aliphatic heterocycles. The number of nitrogens with one attached hydrogen (secondary N) is 1. The summed E-state index contributed by atoms with van der Waals surface area (Å²) in [7, 11) is 0. The number of ether oxygens (including phenoxy) is 1. The zero-order valence-corrected chi connectivity index (χ0v) is 16.0. The Morgan fingerprint density at radius 2 is 1.70 bits per heavy atom. The molecular formula is C22H27NO4. The van der Waals surface area contributed by atoms with Gasteiger partial charge in [0.1, 0.15) is 5.75 Å². The van der Waals surface area contributed by atoms with Crippen molar-refractivity contribution in [3.8, 4) is 16.9 Å². The SMILES string of the molecule is CCCCCCCOc1ccc(C(=O)O)c(-c2ccccc2)c1NC(C)=O. The summed E-state index contributed by atoms with van der Waals surface area (Å²) >= 11 is 0. The first kappa shape index (κ1) is 20.5. The van der Waals surface area contributed by atoms with Crippen LogP contribution in [0.1, 0.15) is 56.3 Å². The van der Waals surface area contributed by atoms with E-state index in [4.69, 9.17) is 4.74 Å². The van der Waals surface area contributed by atoms with Crippen molar-refractivity contribution in [1.29, 1.82) is 0 Å². The quantitative estimate of drug-likeness (QED) is 0.553. The molecule has 5 nitrogen and oxygen atoms in total. The number of rotatable bonds is 10. The van der Waals surface area contributed by atoms with Gasteiger partial charge in [-0.25, -0.2) is 4.79 Å². The molecule has 0 bridgehead atoms. The molecule has 2 aromatic carbocycles. The fraction of sp³-hybridized carbons (Fsp3) is 0.364. The van der Waals surface area contributed by atoms with Crippen LogP contribution in [0, 0.1) is 0 Å². The lowest BCUT2D eigenvalue weighted by Crippen LogP contribution is -2.12. The Balaban J connectivity index is 2.36. The average Bonchev–Trinajstić information content (AvgIpc) is 2.65. The summed E-state index contributed by atoms with van der Waals surface area (Å²) in [6, 6.07) is 12.3. The van der Waals surface area contributed by atoms with Crippen LogP contribution in [0.3, 0.4) is 0 Å². The van der Waals surface area contributed by atoms with Crippen molar-refractivity contribution in [3.05, 3.63) is 48.0 Å². The van der Waals surface area contributed by atoms with Gasteiger partial charge in [-0.15, -0.1) is 0 Å². The Labute approximate surface area is 160 Å². The second-order valence-corrected chi connectivity index (χ2v) is 6.48. The lowest BCUT2D eigenvalue weighted by Gasteiger charge is -2.18. The van der Waals surface area contributed by atoms with Gasteiger partial charge in [0.25, 0.3) is 0 Å². The van der Waals surface area contributed by atoms with Crippen LogP contribution in [0.15, 0.2) is 42.5 Å². The number of anilines is 1. The average molecular weight is 369 g/mol. The van der Waals surface area contributed by atoms with Crippen molar-refractivity contribution in [3.63, 3.8) is 0 Å².